The average Bonchev–Trinajstić information content (AvgIpc) is 2.97. The molecule has 2 rings (SSSR count). The van der Waals surface area contributed by atoms with E-state index in [1.54, 1.807) is 29.2 Å². The summed E-state index contributed by atoms with van der Waals surface area (Å²) in [6.45, 7) is 1.16. The van der Waals surface area contributed by atoms with Gasteiger partial charge in [-0.3, -0.25) is 9.48 Å². The highest BCUT2D eigenvalue weighted by Crippen LogP contribution is 2.15. The van der Waals surface area contributed by atoms with Crippen LogP contribution in [0.15, 0.2) is 24.5 Å². The monoisotopic (exact) mass is 295 g/mol. The van der Waals surface area contributed by atoms with Crippen LogP contribution in [-0.2, 0) is 6.54 Å². The first-order valence-electron chi connectivity index (χ1n) is 5.96. The molecule has 1 amide bonds. The van der Waals surface area contributed by atoms with Crippen LogP contribution in [0.4, 0.5) is 5.82 Å². The average molecular weight is 296 g/mol. The summed E-state index contributed by atoms with van der Waals surface area (Å²) < 4.78 is 1.69. The summed E-state index contributed by atoms with van der Waals surface area (Å²) in [5, 5.41) is 10.5. The van der Waals surface area contributed by atoms with Gasteiger partial charge in [0.25, 0.3) is 5.91 Å². The number of nitrogens with zero attached hydrogens (tertiary/aromatic N) is 4. The summed E-state index contributed by atoms with van der Waals surface area (Å²) in [6, 6.07) is 3.15. The van der Waals surface area contributed by atoms with Crippen LogP contribution in [0.3, 0.4) is 0 Å². The molecule has 4 N–H and O–H groups in total. The molecule has 9 heteroatoms. The molecule has 0 bridgehead atoms. The number of aryl methyl sites for hydroxylation is 1. The van der Waals surface area contributed by atoms with Gasteiger partial charge in [-0.25, -0.2) is 10.8 Å². The van der Waals surface area contributed by atoms with E-state index >= 15 is 0 Å². The van der Waals surface area contributed by atoms with E-state index in [0.29, 0.717) is 18.9 Å². The zero-order valence-electron chi connectivity index (χ0n) is 10.6. The van der Waals surface area contributed by atoms with Gasteiger partial charge in [0.2, 0.25) is 0 Å². The number of carbonyl (C=O) groups excluding carboxylic acids is 1. The lowest BCUT2D eigenvalue weighted by molar-refractivity contribution is 0.0948. The number of pyridine rings is 1. The van der Waals surface area contributed by atoms with Gasteiger partial charge in [0.15, 0.2) is 0 Å². The normalized spacial score (nSPS) is 10.3. The predicted molar refractivity (Wildman–Crippen MR) is 74.0 cm³/mol. The molecule has 0 unspecified atom stereocenters. The van der Waals surface area contributed by atoms with E-state index in [0.717, 1.165) is 6.42 Å². The Balaban J connectivity index is 1.85. The summed E-state index contributed by atoms with van der Waals surface area (Å²) in [7, 11) is 0. The van der Waals surface area contributed by atoms with Gasteiger partial charge in [-0.2, -0.15) is 0 Å². The van der Waals surface area contributed by atoms with Crippen LogP contribution >= 0.6 is 11.6 Å². The van der Waals surface area contributed by atoms with Crippen LogP contribution in [0.2, 0.25) is 5.02 Å². The van der Waals surface area contributed by atoms with Crippen LogP contribution in [-0.4, -0.2) is 32.4 Å². The minimum atomic E-state index is -0.342. The Morgan fingerprint density at radius 3 is 3.00 bits per heavy atom. The van der Waals surface area contributed by atoms with Crippen molar-refractivity contribution in [2.24, 2.45) is 5.84 Å². The maximum absolute atomic E-state index is 11.9. The highest BCUT2D eigenvalue weighted by atomic mass is 35.5. The summed E-state index contributed by atoms with van der Waals surface area (Å²) in [4.78, 5) is 15.9. The minimum Gasteiger partial charge on any atom is -0.351 e. The molecule has 0 aliphatic carbocycles. The quantitative estimate of drug-likeness (QED) is 0.405. The molecule has 0 saturated carbocycles. The van der Waals surface area contributed by atoms with E-state index in [1.165, 1.54) is 0 Å². The molecule has 2 aromatic rings. The van der Waals surface area contributed by atoms with Gasteiger partial charge in [-0.1, -0.05) is 16.8 Å². The fraction of sp³-hybridized carbons (Fsp3) is 0.273. The first kappa shape index (κ1) is 14.2. The predicted octanol–water partition coefficient (Wildman–Crippen LogP) is 0.432. The number of hydrogen-bond donors (Lipinski definition) is 3. The molecular formula is C11H14ClN7O. The van der Waals surface area contributed by atoms with Gasteiger partial charge in [-0.05, 0) is 18.6 Å². The molecule has 20 heavy (non-hydrogen) atoms. The Bertz CT molecular complexity index is 572. The molecule has 0 atom stereocenters. The lowest BCUT2D eigenvalue weighted by atomic mass is 10.3. The van der Waals surface area contributed by atoms with Crippen LogP contribution in [0.25, 0.3) is 0 Å². The third-order valence-electron chi connectivity index (χ3n) is 2.53. The number of halogens is 1. The Hall–Kier alpha value is -2.19. The number of anilines is 1. The van der Waals surface area contributed by atoms with Crippen molar-refractivity contribution in [3.8, 4) is 0 Å². The Morgan fingerprint density at radius 2 is 2.30 bits per heavy atom. The summed E-state index contributed by atoms with van der Waals surface area (Å²) >= 11 is 5.93. The minimum absolute atomic E-state index is 0.142. The number of hydrogen-bond acceptors (Lipinski definition) is 6. The number of rotatable bonds is 6. The van der Waals surface area contributed by atoms with Crippen molar-refractivity contribution < 1.29 is 4.79 Å². The number of nitrogens with one attached hydrogen (secondary N) is 2. The van der Waals surface area contributed by atoms with Gasteiger partial charge in [0.05, 0.1) is 11.2 Å². The lowest BCUT2D eigenvalue weighted by Crippen LogP contribution is -2.27. The van der Waals surface area contributed by atoms with Crippen molar-refractivity contribution in [3.05, 3.63) is 35.2 Å². The molecule has 0 saturated heterocycles. The first-order valence-corrected chi connectivity index (χ1v) is 6.34. The van der Waals surface area contributed by atoms with Crippen LogP contribution in [0.1, 0.15) is 16.9 Å². The van der Waals surface area contributed by atoms with Crippen LogP contribution in [0, 0.1) is 0 Å². The molecule has 106 valence electrons. The van der Waals surface area contributed by atoms with Gasteiger partial charge in [-0.15, -0.1) is 5.10 Å². The largest absolute Gasteiger partial charge is 0.351 e. The summed E-state index contributed by atoms with van der Waals surface area (Å²) in [5.41, 5.74) is 2.51. The molecule has 0 aromatic carbocycles. The third kappa shape index (κ3) is 3.65. The number of nitrogen functional groups attached to an aromatic ring is 1. The molecule has 2 aromatic heterocycles. The van der Waals surface area contributed by atoms with E-state index in [-0.39, 0.29) is 16.6 Å². The van der Waals surface area contributed by atoms with Gasteiger partial charge in [0, 0.05) is 19.3 Å². The van der Waals surface area contributed by atoms with Crippen molar-refractivity contribution in [2.45, 2.75) is 13.0 Å². The molecule has 0 aliphatic heterocycles. The molecule has 0 fully saturated rings. The van der Waals surface area contributed by atoms with Crippen molar-refractivity contribution >= 4 is 23.3 Å². The van der Waals surface area contributed by atoms with Gasteiger partial charge >= 0.3 is 0 Å². The second-order valence-electron chi connectivity index (χ2n) is 3.95. The Morgan fingerprint density at radius 1 is 1.45 bits per heavy atom. The van der Waals surface area contributed by atoms with E-state index in [4.69, 9.17) is 17.4 Å². The number of carbonyl (C=O) groups is 1. The standard InChI is InChI=1S/C11H14ClN7O/c12-8-2-3-9(17-13)16-10(8)11(20)14-4-1-6-19-7-5-15-18-19/h2-3,5,7H,1,4,6,13H2,(H,14,20)(H,16,17). The fourth-order valence-electron chi connectivity index (χ4n) is 1.56. The van der Waals surface area contributed by atoms with Crippen LogP contribution < -0.4 is 16.6 Å². The third-order valence-corrected chi connectivity index (χ3v) is 2.84. The summed E-state index contributed by atoms with van der Waals surface area (Å²) in [6.07, 6.45) is 4.09. The lowest BCUT2D eigenvalue weighted by Gasteiger charge is -2.07. The second-order valence-corrected chi connectivity index (χ2v) is 4.35. The first-order chi connectivity index (χ1) is 9.70. The zero-order valence-corrected chi connectivity index (χ0v) is 11.3. The van der Waals surface area contributed by atoms with Crippen molar-refractivity contribution in [2.75, 3.05) is 12.0 Å². The maximum Gasteiger partial charge on any atom is 0.271 e. The van der Waals surface area contributed by atoms with E-state index in [2.05, 4.69) is 26.0 Å². The molecule has 0 aliphatic rings. The van der Waals surface area contributed by atoms with E-state index in [9.17, 15) is 4.79 Å². The Kier molecular flexibility index (Phi) is 4.85. The number of hydrazine groups is 1. The molecule has 8 nitrogen and oxygen atoms in total. The van der Waals surface area contributed by atoms with Gasteiger partial charge in [0.1, 0.15) is 11.5 Å². The van der Waals surface area contributed by atoms with Crippen molar-refractivity contribution in [3.63, 3.8) is 0 Å². The Labute approximate surface area is 120 Å². The number of amides is 1. The van der Waals surface area contributed by atoms with Crippen molar-refractivity contribution in [1.29, 1.82) is 0 Å². The molecule has 2 heterocycles. The maximum atomic E-state index is 11.9. The second kappa shape index (κ2) is 6.83. The highest BCUT2D eigenvalue weighted by molar-refractivity contribution is 6.33. The van der Waals surface area contributed by atoms with Gasteiger partial charge < -0.3 is 10.7 Å². The molecular weight excluding hydrogens is 282 g/mol. The summed E-state index contributed by atoms with van der Waals surface area (Å²) in [5.74, 6) is 5.28. The van der Waals surface area contributed by atoms with E-state index < -0.39 is 0 Å². The molecule has 0 spiro atoms. The SMILES string of the molecule is NNc1ccc(Cl)c(C(=O)NCCCn2ccnn2)n1. The topological polar surface area (TPSA) is 111 Å². The highest BCUT2D eigenvalue weighted by Gasteiger charge is 2.12. The smallest absolute Gasteiger partial charge is 0.271 e. The van der Waals surface area contributed by atoms with Crippen molar-refractivity contribution in [1.82, 2.24) is 25.3 Å². The van der Waals surface area contributed by atoms with E-state index in [1.807, 2.05) is 0 Å². The number of nitrogens with two attached hydrogens (primary N) is 1. The molecule has 0 radical (unpaired) electrons. The zero-order chi connectivity index (χ0) is 14.4. The fourth-order valence-corrected chi connectivity index (χ4v) is 1.75. The number of aromatic nitrogens is 4. The van der Waals surface area contributed by atoms with Crippen LogP contribution in [0.5, 0.6) is 0 Å².